The zero-order valence-corrected chi connectivity index (χ0v) is 14.6. The van der Waals surface area contributed by atoms with Gasteiger partial charge in [0.25, 0.3) is 0 Å². The number of piperazine rings is 1. The molecule has 1 saturated heterocycles. The van der Waals surface area contributed by atoms with E-state index in [0.717, 1.165) is 4.88 Å². The van der Waals surface area contributed by atoms with E-state index in [1.54, 1.807) is 6.08 Å². The summed E-state index contributed by atoms with van der Waals surface area (Å²) in [5.74, 6) is -1.23. The molecule has 2 heterocycles. The van der Waals surface area contributed by atoms with E-state index >= 15 is 0 Å². The van der Waals surface area contributed by atoms with Crippen molar-refractivity contribution >= 4 is 52.5 Å². The Morgan fingerprint density at radius 2 is 2.38 bits per heavy atom. The van der Waals surface area contributed by atoms with Crippen molar-refractivity contribution in [2.24, 2.45) is 0 Å². The lowest BCUT2D eigenvalue weighted by Gasteiger charge is -2.35. The number of nitrogens with zero attached hydrogens (tertiary/aromatic N) is 1. The molecule has 2 amide bonds. The average Bonchev–Trinajstić information content (AvgIpc) is 3.08. The smallest absolute Gasteiger partial charge is 0.308 e. The molecule has 1 fully saturated rings. The zero-order chi connectivity index (χ0) is 17.5. The first-order chi connectivity index (χ1) is 11.5. The van der Waals surface area contributed by atoms with Gasteiger partial charge in [0.15, 0.2) is 5.11 Å². The van der Waals surface area contributed by atoms with E-state index in [1.165, 1.54) is 29.4 Å². The highest BCUT2D eigenvalue weighted by atomic mass is 32.1. The molecule has 1 atom stereocenters. The maximum Gasteiger partial charge on any atom is 0.308 e. The first kappa shape index (κ1) is 18.1. The average molecular weight is 367 g/mol. The monoisotopic (exact) mass is 367 g/mol. The van der Waals surface area contributed by atoms with Crippen molar-refractivity contribution in [1.29, 1.82) is 0 Å². The normalized spacial score (nSPS) is 17.5. The summed E-state index contributed by atoms with van der Waals surface area (Å²) in [5, 5.41) is 7.25. The second kappa shape index (κ2) is 8.55. The van der Waals surface area contributed by atoms with Crippen molar-refractivity contribution in [2.45, 2.75) is 12.5 Å². The number of esters is 1. The van der Waals surface area contributed by atoms with Gasteiger partial charge >= 0.3 is 5.97 Å². The molecule has 2 rings (SSSR count). The van der Waals surface area contributed by atoms with Crippen molar-refractivity contribution in [1.82, 2.24) is 15.5 Å². The number of rotatable bonds is 4. The third-order valence-corrected chi connectivity index (χ3v) is 4.53. The van der Waals surface area contributed by atoms with Crippen LogP contribution in [-0.2, 0) is 19.1 Å². The number of hydrogen-bond donors (Lipinski definition) is 2. The Hall–Kier alpha value is -2.26. The van der Waals surface area contributed by atoms with Crippen molar-refractivity contribution in [2.75, 3.05) is 20.2 Å². The molecule has 1 aromatic rings. The van der Waals surface area contributed by atoms with Gasteiger partial charge in [0.1, 0.15) is 6.04 Å². The topological polar surface area (TPSA) is 87.7 Å². The lowest BCUT2D eigenvalue weighted by Crippen LogP contribution is -2.60. The SMILES string of the molecule is COC(=O)CC1C(=O)NCCN1C(=S)NC(=O)C=Cc1cccs1. The fourth-order valence-electron chi connectivity index (χ4n) is 2.16. The van der Waals surface area contributed by atoms with Gasteiger partial charge in [-0.25, -0.2) is 0 Å². The number of carbonyl (C=O) groups excluding carboxylic acids is 3. The van der Waals surface area contributed by atoms with Crippen molar-refractivity contribution in [3.8, 4) is 0 Å². The highest BCUT2D eigenvalue weighted by Gasteiger charge is 2.33. The van der Waals surface area contributed by atoms with E-state index in [1.807, 2.05) is 17.5 Å². The van der Waals surface area contributed by atoms with E-state index in [4.69, 9.17) is 12.2 Å². The highest BCUT2D eigenvalue weighted by Crippen LogP contribution is 2.11. The molecule has 7 nitrogen and oxygen atoms in total. The summed E-state index contributed by atoms with van der Waals surface area (Å²) in [5.41, 5.74) is 0. The molecule has 24 heavy (non-hydrogen) atoms. The molecule has 1 aliphatic rings. The number of methoxy groups -OCH3 is 1. The Balaban J connectivity index is 1.98. The van der Waals surface area contributed by atoms with Crippen LogP contribution in [0.5, 0.6) is 0 Å². The lowest BCUT2D eigenvalue weighted by molar-refractivity contribution is -0.144. The second-order valence-electron chi connectivity index (χ2n) is 4.92. The standard InChI is InChI=1S/C15H17N3O4S2/c1-22-13(20)9-11-14(21)16-6-7-18(11)15(23)17-12(19)5-4-10-3-2-8-24-10/h2-5,8,11H,6-7,9H2,1H3,(H,16,21)(H,17,19,23). The molecule has 1 aliphatic heterocycles. The predicted molar refractivity (Wildman–Crippen MR) is 94.2 cm³/mol. The van der Waals surface area contributed by atoms with Crippen LogP contribution < -0.4 is 10.6 Å². The second-order valence-corrected chi connectivity index (χ2v) is 6.29. The zero-order valence-electron chi connectivity index (χ0n) is 13.0. The summed E-state index contributed by atoms with van der Waals surface area (Å²) in [6.07, 6.45) is 2.91. The van der Waals surface area contributed by atoms with Crippen LogP contribution in [0.15, 0.2) is 23.6 Å². The molecular formula is C15H17N3O4S2. The van der Waals surface area contributed by atoms with E-state index in [-0.39, 0.29) is 17.4 Å². The minimum atomic E-state index is -0.791. The Morgan fingerprint density at radius 3 is 3.04 bits per heavy atom. The van der Waals surface area contributed by atoms with Gasteiger partial charge in [-0.3, -0.25) is 19.7 Å². The molecule has 0 saturated carbocycles. The molecular weight excluding hydrogens is 350 g/mol. The summed E-state index contributed by atoms with van der Waals surface area (Å²) in [4.78, 5) is 37.9. The van der Waals surface area contributed by atoms with E-state index in [2.05, 4.69) is 15.4 Å². The van der Waals surface area contributed by atoms with Crippen LogP contribution >= 0.6 is 23.6 Å². The van der Waals surface area contributed by atoms with Crippen LogP contribution in [0.25, 0.3) is 6.08 Å². The van der Waals surface area contributed by atoms with Gasteiger partial charge in [-0.1, -0.05) is 6.07 Å². The first-order valence-electron chi connectivity index (χ1n) is 7.19. The molecule has 1 aromatic heterocycles. The van der Waals surface area contributed by atoms with Crippen molar-refractivity contribution < 1.29 is 19.1 Å². The lowest BCUT2D eigenvalue weighted by atomic mass is 10.1. The summed E-state index contributed by atoms with van der Waals surface area (Å²) >= 11 is 6.72. The van der Waals surface area contributed by atoms with E-state index in [9.17, 15) is 14.4 Å². The van der Waals surface area contributed by atoms with Gasteiger partial charge in [-0.15, -0.1) is 11.3 Å². The number of nitrogens with one attached hydrogen (secondary N) is 2. The molecule has 0 aromatic carbocycles. The summed E-state index contributed by atoms with van der Waals surface area (Å²) < 4.78 is 4.60. The Morgan fingerprint density at radius 1 is 1.58 bits per heavy atom. The third-order valence-electron chi connectivity index (χ3n) is 3.35. The quantitative estimate of drug-likeness (QED) is 0.458. The number of thiocarbonyl (C=S) groups is 1. The number of thiophene rings is 1. The van der Waals surface area contributed by atoms with Crippen LogP contribution in [-0.4, -0.2) is 54.0 Å². The van der Waals surface area contributed by atoms with Crippen LogP contribution in [0, 0.1) is 0 Å². The Bertz CT molecular complexity index is 658. The number of carbonyl (C=O) groups is 3. The van der Waals surface area contributed by atoms with Crippen LogP contribution in [0.1, 0.15) is 11.3 Å². The van der Waals surface area contributed by atoms with Gasteiger partial charge in [0.05, 0.1) is 13.5 Å². The number of ether oxygens (including phenoxy) is 1. The Kier molecular flexibility index (Phi) is 6.44. The largest absolute Gasteiger partial charge is 0.469 e. The molecule has 1 unspecified atom stereocenters. The van der Waals surface area contributed by atoms with Crippen molar-refractivity contribution in [3.63, 3.8) is 0 Å². The van der Waals surface area contributed by atoms with Crippen LogP contribution in [0.4, 0.5) is 0 Å². The van der Waals surface area contributed by atoms with Gasteiger partial charge in [-0.05, 0) is 29.7 Å². The molecule has 128 valence electrons. The van der Waals surface area contributed by atoms with Gasteiger partial charge in [-0.2, -0.15) is 0 Å². The molecule has 9 heteroatoms. The summed E-state index contributed by atoms with van der Waals surface area (Å²) in [6, 6.07) is 2.98. The molecule has 0 bridgehead atoms. The molecule has 0 radical (unpaired) electrons. The molecule has 0 spiro atoms. The number of amides is 2. The predicted octanol–water partition coefficient (Wildman–Crippen LogP) is 0.526. The fraction of sp³-hybridized carbons (Fsp3) is 0.333. The first-order valence-corrected chi connectivity index (χ1v) is 8.47. The summed E-state index contributed by atoms with van der Waals surface area (Å²) in [6.45, 7) is 0.790. The van der Waals surface area contributed by atoms with E-state index < -0.39 is 17.9 Å². The fourth-order valence-corrected chi connectivity index (χ4v) is 3.10. The molecule has 0 aliphatic carbocycles. The van der Waals surface area contributed by atoms with Crippen LogP contribution in [0.2, 0.25) is 0 Å². The molecule has 2 N–H and O–H groups in total. The maximum atomic E-state index is 12.0. The van der Waals surface area contributed by atoms with Crippen LogP contribution in [0.3, 0.4) is 0 Å². The Labute approximate surface area is 148 Å². The van der Waals surface area contributed by atoms with Gasteiger partial charge in [0, 0.05) is 24.0 Å². The van der Waals surface area contributed by atoms with Gasteiger partial charge < -0.3 is 15.0 Å². The minimum absolute atomic E-state index is 0.111. The van der Waals surface area contributed by atoms with Crippen molar-refractivity contribution in [3.05, 3.63) is 28.5 Å². The highest BCUT2D eigenvalue weighted by molar-refractivity contribution is 7.80. The maximum absolute atomic E-state index is 12.0. The third kappa shape index (κ3) is 4.87. The number of hydrogen-bond acceptors (Lipinski definition) is 6. The van der Waals surface area contributed by atoms with E-state index in [0.29, 0.717) is 13.1 Å². The minimum Gasteiger partial charge on any atom is -0.469 e. The summed E-state index contributed by atoms with van der Waals surface area (Å²) in [7, 11) is 1.25. The van der Waals surface area contributed by atoms with Gasteiger partial charge in [0.2, 0.25) is 11.8 Å².